The van der Waals surface area contributed by atoms with E-state index in [-0.39, 0.29) is 30.9 Å². The van der Waals surface area contributed by atoms with E-state index < -0.39 is 23.6 Å². The molecule has 0 saturated carbocycles. The van der Waals surface area contributed by atoms with Crippen LogP contribution in [-0.2, 0) is 12.7 Å². The van der Waals surface area contributed by atoms with Crippen molar-refractivity contribution in [2.24, 2.45) is 5.73 Å². The number of amides is 2. The first-order chi connectivity index (χ1) is 17.2. The van der Waals surface area contributed by atoms with Crippen LogP contribution in [0.4, 0.5) is 24.7 Å². The summed E-state index contributed by atoms with van der Waals surface area (Å²) >= 11 is 6.12. The summed E-state index contributed by atoms with van der Waals surface area (Å²) in [5.41, 5.74) is 5.56. The van der Waals surface area contributed by atoms with Gasteiger partial charge in [-0.05, 0) is 36.4 Å². The average Bonchev–Trinajstić information content (AvgIpc) is 2.88. The van der Waals surface area contributed by atoms with Crippen LogP contribution in [0.1, 0.15) is 32.0 Å². The molecular weight excluding hydrogens is 497 g/mol. The fourth-order valence-corrected chi connectivity index (χ4v) is 4.16. The van der Waals surface area contributed by atoms with Crippen molar-refractivity contribution in [3.63, 3.8) is 0 Å². The number of nitrogens with one attached hydrogen (secondary N) is 1. The monoisotopic (exact) mass is 518 g/mol. The maximum absolute atomic E-state index is 13.3. The molecule has 3 N–H and O–H groups in total. The van der Waals surface area contributed by atoms with Crippen molar-refractivity contribution >= 4 is 34.9 Å². The van der Waals surface area contributed by atoms with Crippen LogP contribution in [0.5, 0.6) is 0 Å². The summed E-state index contributed by atoms with van der Waals surface area (Å²) in [6.07, 6.45) is -4.61. The van der Waals surface area contributed by atoms with Crippen molar-refractivity contribution in [3.05, 3.63) is 82.0 Å². The van der Waals surface area contributed by atoms with Crippen molar-refractivity contribution in [3.8, 4) is 0 Å². The number of halogens is 4. The van der Waals surface area contributed by atoms with Crippen LogP contribution in [0.3, 0.4) is 0 Å². The second-order valence-corrected chi connectivity index (χ2v) is 8.43. The topological polar surface area (TPSA) is 104 Å². The molecule has 1 aliphatic rings. The number of anilines is 2. The van der Waals surface area contributed by atoms with Gasteiger partial charge >= 0.3 is 6.18 Å². The maximum Gasteiger partial charge on any atom is 0.417 e. The largest absolute Gasteiger partial charge is 0.417 e. The molecule has 36 heavy (non-hydrogen) atoms. The molecule has 3 aromatic rings. The fraction of sp³-hybridized carbons (Fsp3) is 0.250. The van der Waals surface area contributed by atoms with Gasteiger partial charge in [-0.3, -0.25) is 9.59 Å². The minimum atomic E-state index is -4.61. The smallest absolute Gasteiger partial charge is 0.352 e. The highest BCUT2D eigenvalue weighted by atomic mass is 35.5. The van der Waals surface area contributed by atoms with Gasteiger partial charge in [0.05, 0.1) is 11.1 Å². The van der Waals surface area contributed by atoms with E-state index in [0.29, 0.717) is 35.2 Å². The van der Waals surface area contributed by atoms with E-state index in [2.05, 4.69) is 15.5 Å². The van der Waals surface area contributed by atoms with E-state index in [1.54, 1.807) is 24.3 Å². The molecule has 0 unspecified atom stereocenters. The lowest BCUT2D eigenvalue weighted by Crippen LogP contribution is -2.49. The van der Waals surface area contributed by atoms with Gasteiger partial charge in [0, 0.05) is 49.0 Å². The summed E-state index contributed by atoms with van der Waals surface area (Å²) in [6.45, 7) is 1.28. The van der Waals surface area contributed by atoms with Gasteiger partial charge < -0.3 is 20.9 Å². The maximum atomic E-state index is 13.3. The Labute approximate surface area is 209 Å². The first-order valence-corrected chi connectivity index (χ1v) is 11.4. The van der Waals surface area contributed by atoms with E-state index in [4.69, 9.17) is 17.3 Å². The summed E-state index contributed by atoms with van der Waals surface area (Å²) in [4.78, 5) is 28.6. The van der Waals surface area contributed by atoms with Crippen molar-refractivity contribution in [2.45, 2.75) is 12.7 Å². The average molecular weight is 519 g/mol. The SMILES string of the molecule is NCc1c(Cl)cccc1NC(=O)c1ccc(N2CCN(C(=O)c3ccccc3C(F)(F)F)CC2)nn1. The number of nitrogens with zero attached hydrogens (tertiary/aromatic N) is 4. The zero-order valence-electron chi connectivity index (χ0n) is 18.9. The van der Waals surface area contributed by atoms with E-state index >= 15 is 0 Å². The lowest BCUT2D eigenvalue weighted by Gasteiger charge is -2.35. The van der Waals surface area contributed by atoms with Crippen molar-refractivity contribution < 1.29 is 22.8 Å². The van der Waals surface area contributed by atoms with Gasteiger partial charge in [-0.2, -0.15) is 13.2 Å². The van der Waals surface area contributed by atoms with Crippen LogP contribution < -0.4 is 16.0 Å². The summed E-state index contributed by atoms with van der Waals surface area (Å²) in [6, 6.07) is 13.0. The first kappa shape index (κ1) is 25.4. The molecule has 4 rings (SSSR count). The van der Waals surface area contributed by atoms with Crippen LogP contribution >= 0.6 is 11.6 Å². The third-order valence-corrected chi connectivity index (χ3v) is 6.16. The Morgan fingerprint density at radius 3 is 2.33 bits per heavy atom. The lowest BCUT2D eigenvalue weighted by molar-refractivity contribution is -0.138. The Bertz CT molecular complexity index is 1260. The minimum Gasteiger partial charge on any atom is -0.352 e. The summed E-state index contributed by atoms with van der Waals surface area (Å²) in [5.74, 6) is -0.664. The third-order valence-electron chi connectivity index (χ3n) is 5.81. The van der Waals surface area contributed by atoms with Gasteiger partial charge in [0.15, 0.2) is 11.5 Å². The summed E-state index contributed by atoms with van der Waals surface area (Å²) < 4.78 is 39.9. The van der Waals surface area contributed by atoms with Gasteiger partial charge in [-0.1, -0.05) is 29.8 Å². The molecule has 0 atom stereocenters. The van der Waals surface area contributed by atoms with Gasteiger partial charge in [0.25, 0.3) is 11.8 Å². The summed E-state index contributed by atoms with van der Waals surface area (Å²) in [5, 5.41) is 11.3. The second-order valence-electron chi connectivity index (χ2n) is 8.02. The summed E-state index contributed by atoms with van der Waals surface area (Å²) in [7, 11) is 0. The number of carbonyl (C=O) groups excluding carboxylic acids is 2. The Morgan fingerprint density at radius 1 is 0.972 bits per heavy atom. The number of piperazine rings is 1. The highest BCUT2D eigenvalue weighted by Crippen LogP contribution is 2.32. The van der Waals surface area contributed by atoms with Crippen molar-refractivity contribution in [1.82, 2.24) is 15.1 Å². The molecular formula is C24H22ClF3N6O2. The molecule has 0 aliphatic carbocycles. The Balaban J connectivity index is 1.39. The number of hydrogen-bond donors (Lipinski definition) is 2. The van der Waals surface area contributed by atoms with Crippen LogP contribution in [0, 0.1) is 0 Å². The van der Waals surface area contributed by atoms with Crippen LogP contribution in [0.25, 0.3) is 0 Å². The molecule has 1 fully saturated rings. The van der Waals surface area contributed by atoms with E-state index in [1.807, 2.05) is 4.90 Å². The Hall–Kier alpha value is -3.70. The number of rotatable bonds is 5. The van der Waals surface area contributed by atoms with Crippen molar-refractivity contribution in [2.75, 3.05) is 36.4 Å². The molecule has 2 amide bonds. The highest BCUT2D eigenvalue weighted by Gasteiger charge is 2.36. The minimum absolute atomic E-state index is 0.0827. The van der Waals surface area contributed by atoms with E-state index in [0.717, 1.165) is 6.07 Å². The molecule has 188 valence electrons. The Kier molecular flexibility index (Phi) is 7.41. The fourth-order valence-electron chi connectivity index (χ4n) is 3.91. The number of nitrogens with two attached hydrogens (primary N) is 1. The quantitative estimate of drug-likeness (QED) is 0.532. The number of aromatic nitrogens is 2. The number of benzene rings is 2. The van der Waals surface area contributed by atoms with E-state index in [9.17, 15) is 22.8 Å². The van der Waals surface area contributed by atoms with Crippen LogP contribution in [-0.4, -0.2) is 53.1 Å². The molecule has 0 radical (unpaired) electrons. The molecule has 1 aromatic heterocycles. The Morgan fingerprint density at radius 2 is 1.69 bits per heavy atom. The molecule has 8 nitrogen and oxygen atoms in total. The molecule has 1 saturated heterocycles. The van der Waals surface area contributed by atoms with Gasteiger partial charge in [-0.15, -0.1) is 10.2 Å². The van der Waals surface area contributed by atoms with Gasteiger partial charge in [0.2, 0.25) is 0 Å². The molecule has 1 aliphatic heterocycles. The molecule has 2 aromatic carbocycles. The number of alkyl halides is 3. The highest BCUT2D eigenvalue weighted by molar-refractivity contribution is 6.31. The van der Waals surface area contributed by atoms with Crippen molar-refractivity contribution in [1.29, 1.82) is 0 Å². The zero-order valence-corrected chi connectivity index (χ0v) is 19.7. The predicted octanol–water partition coefficient (Wildman–Crippen LogP) is 3.82. The predicted molar refractivity (Wildman–Crippen MR) is 129 cm³/mol. The molecule has 0 spiro atoms. The van der Waals surface area contributed by atoms with Gasteiger partial charge in [0.1, 0.15) is 0 Å². The lowest BCUT2D eigenvalue weighted by atomic mass is 10.1. The zero-order chi connectivity index (χ0) is 25.9. The second kappa shape index (κ2) is 10.5. The van der Waals surface area contributed by atoms with Crippen LogP contribution in [0.15, 0.2) is 54.6 Å². The molecule has 12 heteroatoms. The number of carbonyl (C=O) groups is 2. The third kappa shape index (κ3) is 5.42. The standard InChI is InChI=1S/C24H22ClF3N6O2/c25-18-6-3-7-19(16(18)14-29)30-22(35)20-8-9-21(32-31-20)33-10-12-34(13-11-33)23(36)15-4-1-2-5-17(15)24(26,27)28/h1-9H,10-14,29H2,(H,30,35). The number of hydrogen-bond acceptors (Lipinski definition) is 6. The van der Waals surface area contributed by atoms with Gasteiger partial charge in [-0.25, -0.2) is 0 Å². The molecule has 2 heterocycles. The van der Waals surface area contributed by atoms with Crippen LogP contribution in [0.2, 0.25) is 5.02 Å². The first-order valence-electron chi connectivity index (χ1n) is 11.0. The molecule has 0 bridgehead atoms. The van der Waals surface area contributed by atoms with E-state index in [1.165, 1.54) is 29.2 Å². The normalized spacial score (nSPS) is 14.0.